The second kappa shape index (κ2) is 8.36. The maximum Gasteiger partial charge on any atom is 0.224 e. The first-order chi connectivity index (χ1) is 13.7. The first kappa shape index (κ1) is 18.4. The Balaban J connectivity index is 1.42. The van der Waals surface area contributed by atoms with Gasteiger partial charge in [0.2, 0.25) is 5.91 Å². The zero-order chi connectivity index (χ0) is 19.3. The number of carbonyl (C=O) groups is 1. The van der Waals surface area contributed by atoms with Crippen LogP contribution in [0.15, 0.2) is 79.0 Å². The highest BCUT2D eigenvalue weighted by atomic mass is 16.3. The average molecular weight is 372 g/mol. The van der Waals surface area contributed by atoms with Crippen LogP contribution in [0.2, 0.25) is 0 Å². The highest BCUT2D eigenvalue weighted by molar-refractivity contribution is 5.79. The molecule has 0 unspecified atom stereocenters. The van der Waals surface area contributed by atoms with Gasteiger partial charge in [-0.2, -0.15) is 0 Å². The molecule has 0 bridgehead atoms. The van der Waals surface area contributed by atoms with Crippen LogP contribution in [0.4, 0.5) is 0 Å². The molecule has 1 aliphatic carbocycles. The van der Waals surface area contributed by atoms with Gasteiger partial charge in [0, 0.05) is 6.20 Å². The van der Waals surface area contributed by atoms with Gasteiger partial charge in [-0.3, -0.25) is 9.78 Å². The highest BCUT2D eigenvalue weighted by Gasteiger charge is 2.36. The molecule has 1 amide bonds. The monoisotopic (exact) mass is 372 g/mol. The summed E-state index contributed by atoms with van der Waals surface area (Å²) in [7, 11) is 0. The number of carbonyl (C=O) groups excluding carboxylic acids is 1. The van der Waals surface area contributed by atoms with Crippen LogP contribution >= 0.6 is 0 Å². The maximum atomic E-state index is 12.7. The number of hydrogen-bond acceptors (Lipinski definition) is 3. The van der Waals surface area contributed by atoms with Crippen molar-refractivity contribution in [1.82, 2.24) is 10.3 Å². The number of rotatable bonds is 6. The second-order valence-electron chi connectivity index (χ2n) is 7.42. The van der Waals surface area contributed by atoms with Crippen molar-refractivity contribution < 1.29 is 9.90 Å². The van der Waals surface area contributed by atoms with E-state index in [-0.39, 0.29) is 24.0 Å². The molecular weight excluding hydrogens is 348 g/mol. The summed E-state index contributed by atoms with van der Waals surface area (Å²) < 4.78 is 0. The molecule has 0 radical (unpaired) electrons. The fourth-order valence-electron chi connectivity index (χ4n) is 3.75. The summed E-state index contributed by atoms with van der Waals surface area (Å²) in [6.07, 6.45) is 3.21. The van der Waals surface area contributed by atoms with E-state index in [1.807, 2.05) is 48.5 Å². The van der Waals surface area contributed by atoms with Gasteiger partial charge in [-0.1, -0.05) is 60.7 Å². The van der Waals surface area contributed by atoms with E-state index in [0.717, 1.165) is 22.4 Å². The van der Waals surface area contributed by atoms with Crippen molar-refractivity contribution in [1.29, 1.82) is 0 Å². The number of pyridine rings is 1. The molecular formula is C24H24N2O2. The van der Waals surface area contributed by atoms with Crippen LogP contribution in [0.1, 0.15) is 30.1 Å². The van der Waals surface area contributed by atoms with Crippen molar-refractivity contribution in [3.05, 3.63) is 90.3 Å². The van der Waals surface area contributed by atoms with Gasteiger partial charge < -0.3 is 10.4 Å². The summed E-state index contributed by atoms with van der Waals surface area (Å²) in [6, 6.07) is 23.9. The van der Waals surface area contributed by atoms with Crippen molar-refractivity contribution >= 4 is 5.91 Å². The molecule has 4 nitrogen and oxygen atoms in total. The third-order valence-corrected chi connectivity index (χ3v) is 5.37. The summed E-state index contributed by atoms with van der Waals surface area (Å²) in [6.45, 7) is 0. The molecule has 4 rings (SSSR count). The van der Waals surface area contributed by atoms with Crippen LogP contribution in [-0.2, 0) is 11.2 Å². The minimum absolute atomic E-state index is 0.0236. The maximum absolute atomic E-state index is 12.7. The van der Waals surface area contributed by atoms with Gasteiger partial charge in [0.05, 0.1) is 24.3 Å². The Bertz CT molecular complexity index is 904. The van der Waals surface area contributed by atoms with Crippen molar-refractivity contribution in [3.8, 4) is 11.1 Å². The van der Waals surface area contributed by atoms with Crippen LogP contribution in [0.3, 0.4) is 0 Å². The molecule has 0 spiro atoms. The first-order valence-corrected chi connectivity index (χ1v) is 9.72. The van der Waals surface area contributed by atoms with Gasteiger partial charge in [-0.25, -0.2) is 0 Å². The molecule has 1 saturated carbocycles. The van der Waals surface area contributed by atoms with E-state index in [0.29, 0.717) is 19.3 Å². The summed E-state index contributed by atoms with van der Waals surface area (Å²) in [4.78, 5) is 17.1. The molecule has 1 atom stereocenters. The summed E-state index contributed by atoms with van der Waals surface area (Å²) >= 11 is 0. The second-order valence-corrected chi connectivity index (χ2v) is 7.42. The summed E-state index contributed by atoms with van der Waals surface area (Å²) in [5.41, 5.74) is 4.13. The molecule has 2 aromatic carbocycles. The molecule has 3 aromatic rings. The lowest BCUT2D eigenvalue weighted by Gasteiger charge is -2.37. The normalized spacial score (nSPS) is 19.5. The van der Waals surface area contributed by atoms with E-state index >= 15 is 0 Å². The van der Waals surface area contributed by atoms with E-state index in [1.54, 1.807) is 6.20 Å². The lowest BCUT2D eigenvalue weighted by molar-refractivity contribution is -0.122. The minimum Gasteiger partial charge on any atom is -0.393 e. The van der Waals surface area contributed by atoms with Crippen molar-refractivity contribution in [2.45, 2.75) is 31.4 Å². The summed E-state index contributed by atoms with van der Waals surface area (Å²) in [5.74, 6) is 0.207. The van der Waals surface area contributed by atoms with Crippen molar-refractivity contribution in [2.75, 3.05) is 0 Å². The van der Waals surface area contributed by atoms with Gasteiger partial charge >= 0.3 is 0 Å². The minimum atomic E-state index is -0.265. The number of hydrogen-bond donors (Lipinski definition) is 2. The van der Waals surface area contributed by atoms with Gasteiger partial charge in [-0.05, 0) is 47.6 Å². The van der Waals surface area contributed by atoms with Gasteiger partial charge in [0.15, 0.2) is 0 Å². The van der Waals surface area contributed by atoms with E-state index in [2.05, 4.69) is 34.6 Å². The lowest BCUT2D eigenvalue weighted by Crippen LogP contribution is -2.42. The van der Waals surface area contributed by atoms with Crippen LogP contribution < -0.4 is 5.32 Å². The molecule has 1 aliphatic rings. The Kier molecular flexibility index (Phi) is 5.49. The molecule has 1 aromatic heterocycles. The van der Waals surface area contributed by atoms with Gasteiger partial charge in [0.1, 0.15) is 0 Å². The number of nitrogens with zero attached hydrogens (tertiary/aromatic N) is 1. The Morgan fingerprint density at radius 3 is 2.29 bits per heavy atom. The Morgan fingerprint density at radius 1 is 0.964 bits per heavy atom. The molecule has 2 N–H and O–H groups in total. The third-order valence-electron chi connectivity index (χ3n) is 5.37. The zero-order valence-electron chi connectivity index (χ0n) is 15.7. The van der Waals surface area contributed by atoms with E-state index in [4.69, 9.17) is 0 Å². The molecule has 1 fully saturated rings. The first-order valence-electron chi connectivity index (χ1n) is 9.72. The Hall–Kier alpha value is -2.98. The standard InChI is InChI=1S/C24H24N2O2/c27-21-15-20(16-21)24(22-8-4-5-13-25-22)26-23(28)14-17-9-11-19(12-10-17)18-6-2-1-3-7-18/h1-13,20-21,24,27H,14-16H2,(H,26,28)/t20?,21?,24-/m0/s1. The van der Waals surface area contributed by atoms with E-state index in [1.165, 1.54) is 0 Å². The van der Waals surface area contributed by atoms with Crippen LogP contribution in [-0.4, -0.2) is 22.1 Å². The predicted molar refractivity (Wildman–Crippen MR) is 109 cm³/mol. The van der Waals surface area contributed by atoms with Crippen LogP contribution in [0, 0.1) is 5.92 Å². The van der Waals surface area contributed by atoms with Gasteiger partial charge in [-0.15, -0.1) is 0 Å². The smallest absolute Gasteiger partial charge is 0.224 e. The molecule has 142 valence electrons. The van der Waals surface area contributed by atoms with Gasteiger partial charge in [0.25, 0.3) is 0 Å². The third kappa shape index (κ3) is 4.29. The number of aliphatic hydroxyl groups is 1. The van der Waals surface area contributed by atoms with E-state index < -0.39 is 0 Å². The number of nitrogens with one attached hydrogen (secondary N) is 1. The molecule has 4 heteroatoms. The van der Waals surface area contributed by atoms with Crippen LogP contribution in [0.5, 0.6) is 0 Å². The number of aromatic nitrogens is 1. The molecule has 28 heavy (non-hydrogen) atoms. The number of amides is 1. The molecule has 1 heterocycles. The van der Waals surface area contributed by atoms with Crippen LogP contribution in [0.25, 0.3) is 11.1 Å². The SMILES string of the molecule is O=C(Cc1ccc(-c2ccccc2)cc1)N[C@H](c1ccccn1)C1CC(O)C1. The fourth-order valence-corrected chi connectivity index (χ4v) is 3.75. The van der Waals surface area contributed by atoms with Crippen molar-refractivity contribution in [3.63, 3.8) is 0 Å². The average Bonchev–Trinajstić information content (AvgIpc) is 2.72. The zero-order valence-corrected chi connectivity index (χ0v) is 15.7. The predicted octanol–water partition coefficient (Wildman–Crippen LogP) is 3.92. The fraction of sp³-hybridized carbons (Fsp3) is 0.250. The summed E-state index contributed by atoms with van der Waals surface area (Å²) in [5, 5.41) is 12.8. The Morgan fingerprint density at radius 2 is 1.64 bits per heavy atom. The largest absolute Gasteiger partial charge is 0.393 e. The number of benzene rings is 2. The topological polar surface area (TPSA) is 62.2 Å². The van der Waals surface area contributed by atoms with E-state index in [9.17, 15) is 9.90 Å². The highest BCUT2D eigenvalue weighted by Crippen LogP contribution is 2.37. The van der Waals surface area contributed by atoms with Crippen molar-refractivity contribution in [2.24, 2.45) is 5.92 Å². The Labute approximate surface area is 165 Å². The quantitative estimate of drug-likeness (QED) is 0.689. The molecule has 0 saturated heterocycles. The molecule has 0 aliphatic heterocycles. The lowest BCUT2D eigenvalue weighted by atomic mass is 9.76. The number of aliphatic hydroxyl groups excluding tert-OH is 1.